The number of rotatable bonds is 7. The topological polar surface area (TPSA) is 64.1 Å². The molecule has 6 nitrogen and oxygen atoms in total. The van der Waals surface area contributed by atoms with Crippen molar-refractivity contribution in [2.75, 3.05) is 26.2 Å². The Hall–Kier alpha value is -3.55. The predicted molar refractivity (Wildman–Crippen MR) is 154 cm³/mol. The number of piperidine rings is 1. The Morgan fingerprint density at radius 3 is 2.35 bits per heavy atom. The van der Waals surface area contributed by atoms with E-state index in [1.165, 1.54) is 6.07 Å². The second kappa shape index (κ2) is 12.3. The van der Waals surface area contributed by atoms with Gasteiger partial charge in [0.2, 0.25) is 0 Å². The molecule has 1 N–H and O–H groups in total. The summed E-state index contributed by atoms with van der Waals surface area (Å²) in [7, 11) is 0. The molecule has 0 spiro atoms. The number of amides is 1. The number of carbonyl (C=O) groups is 2. The number of phenolic OH excluding ortho intramolecular Hbond substituents is 1. The molecule has 3 aromatic rings. The normalized spacial score (nSPS) is 21.7. The fourth-order valence-corrected chi connectivity index (χ4v) is 6.17. The van der Waals surface area contributed by atoms with Crippen LogP contribution in [0, 0.1) is 11.7 Å². The lowest BCUT2D eigenvalue weighted by Crippen LogP contribution is -2.56. The third-order valence-corrected chi connectivity index (χ3v) is 8.45. The van der Waals surface area contributed by atoms with Crippen molar-refractivity contribution in [1.82, 2.24) is 14.7 Å². The van der Waals surface area contributed by atoms with Crippen LogP contribution in [0.4, 0.5) is 4.39 Å². The zero-order valence-corrected chi connectivity index (χ0v) is 23.2. The molecular weight excluding hydrogens is 505 g/mol. The molecule has 5 rings (SSSR count). The van der Waals surface area contributed by atoms with E-state index in [1.54, 1.807) is 18.2 Å². The molecule has 2 fully saturated rings. The predicted octanol–water partition coefficient (Wildman–Crippen LogP) is 5.27. The summed E-state index contributed by atoms with van der Waals surface area (Å²) in [5.74, 6) is 0.0533. The summed E-state index contributed by atoms with van der Waals surface area (Å²) in [6.07, 6.45) is 2.43. The van der Waals surface area contributed by atoms with Crippen LogP contribution in [-0.2, 0) is 11.3 Å². The first-order chi connectivity index (χ1) is 19.3. The molecule has 0 radical (unpaired) electrons. The highest BCUT2D eigenvalue weighted by Gasteiger charge is 2.35. The molecule has 2 aliphatic heterocycles. The number of benzene rings is 3. The van der Waals surface area contributed by atoms with Gasteiger partial charge in [0, 0.05) is 56.3 Å². The monoisotopic (exact) mass is 543 g/mol. The van der Waals surface area contributed by atoms with Crippen molar-refractivity contribution < 1.29 is 19.1 Å². The van der Waals surface area contributed by atoms with Gasteiger partial charge < -0.3 is 14.8 Å². The van der Waals surface area contributed by atoms with Crippen LogP contribution in [0.3, 0.4) is 0 Å². The van der Waals surface area contributed by atoms with E-state index in [9.17, 15) is 19.1 Å². The minimum atomic E-state index is -0.215. The lowest BCUT2D eigenvalue weighted by Gasteiger charge is -2.47. The number of piperazine rings is 1. The quantitative estimate of drug-likeness (QED) is 0.412. The average Bonchev–Trinajstić information content (AvgIpc) is 2.96. The lowest BCUT2D eigenvalue weighted by molar-refractivity contribution is -0.112. The van der Waals surface area contributed by atoms with Crippen molar-refractivity contribution >= 4 is 12.2 Å². The number of aldehydes is 1. The van der Waals surface area contributed by atoms with Crippen molar-refractivity contribution in [3.8, 4) is 5.75 Å². The second-order valence-corrected chi connectivity index (χ2v) is 11.3. The fourth-order valence-electron chi connectivity index (χ4n) is 6.17. The number of hydrogen-bond donors (Lipinski definition) is 1. The zero-order chi connectivity index (χ0) is 28.2. The van der Waals surface area contributed by atoms with E-state index in [1.807, 2.05) is 53.4 Å². The van der Waals surface area contributed by atoms with Gasteiger partial charge in [-0.05, 0) is 79.8 Å². The standard InChI is InChI=1S/C33H38FN3O3/c1-23-20-37(24(2)19-36(23)21-26-5-3-7-30(34)17-26)32(29-6-4-8-31(39)18-29)27-9-11-28(12-10-27)33(40)35-15-13-25(22-38)14-16-35/h3-12,17-18,22-25,32,39H,13-16,19-21H2,1-2H3/t23-,24+,32?/m1/s1. The molecule has 0 aliphatic carbocycles. The molecule has 3 atom stereocenters. The van der Waals surface area contributed by atoms with Crippen LogP contribution in [0.5, 0.6) is 5.75 Å². The average molecular weight is 544 g/mol. The number of aromatic hydroxyl groups is 1. The van der Waals surface area contributed by atoms with Crippen LogP contribution in [-0.4, -0.2) is 70.3 Å². The van der Waals surface area contributed by atoms with Crippen LogP contribution >= 0.6 is 0 Å². The fraction of sp³-hybridized carbons (Fsp3) is 0.394. The van der Waals surface area contributed by atoms with Gasteiger partial charge in [-0.1, -0.05) is 36.4 Å². The first-order valence-electron chi connectivity index (χ1n) is 14.2. The smallest absolute Gasteiger partial charge is 0.253 e. The maximum atomic E-state index is 13.8. The van der Waals surface area contributed by atoms with Gasteiger partial charge in [-0.25, -0.2) is 4.39 Å². The number of hydrogen-bond acceptors (Lipinski definition) is 5. The van der Waals surface area contributed by atoms with E-state index >= 15 is 0 Å². The van der Waals surface area contributed by atoms with Gasteiger partial charge >= 0.3 is 0 Å². The minimum Gasteiger partial charge on any atom is -0.508 e. The molecule has 40 heavy (non-hydrogen) atoms. The molecular formula is C33H38FN3O3. The molecule has 0 saturated carbocycles. The number of nitrogens with zero attached hydrogens (tertiary/aromatic N) is 3. The SMILES string of the molecule is C[C@@H]1CN(C(c2ccc(C(=O)N3CCC(C=O)CC3)cc2)c2cccc(O)c2)[C@@H](C)CN1Cc1cccc(F)c1. The van der Waals surface area contributed by atoms with E-state index in [0.29, 0.717) is 38.0 Å². The summed E-state index contributed by atoms with van der Waals surface area (Å²) >= 11 is 0. The number of halogens is 1. The molecule has 2 saturated heterocycles. The number of carbonyl (C=O) groups excluding carboxylic acids is 2. The summed E-state index contributed by atoms with van der Waals surface area (Å²) in [6, 6.07) is 22.4. The highest BCUT2D eigenvalue weighted by atomic mass is 19.1. The van der Waals surface area contributed by atoms with Crippen LogP contribution in [0.1, 0.15) is 59.8 Å². The molecule has 2 heterocycles. The van der Waals surface area contributed by atoms with E-state index < -0.39 is 0 Å². The Bertz CT molecular complexity index is 1320. The number of phenols is 1. The molecule has 210 valence electrons. The number of likely N-dealkylation sites (tertiary alicyclic amines) is 1. The van der Waals surface area contributed by atoms with Crippen molar-refractivity contribution in [2.24, 2.45) is 5.92 Å². The van der Waals surface area contributed by atoms with Crippen molar-refractivity contribution in [3.05, 3.63) is 101 Å². The zero-order valence-electron chi connectivity index (χ0n) is 23.2. The van der Waals surface area contributed by atoms with Crippen LogP contribution in [0.25, 0.3) is 0 Å². The van der Waals surface area contributed by atoms with Gasteiger partial charge in [-0.3, -0.25) is 14.6 Å². The van der Waals surface area contributed by atoms with E-state index in [0.717, 1.165) is 36.1 Å². The van der Waals surface area contributed by atoms with Crippen molar-refractivity contribution in [2.45, 2.75) is 51.4 Å². The van der Waals surface area contributed by atoms with Gasteiger partial charge in [0.1, 0.15) is 17.9 Å². The van der Waals surface area contributed by atoms with Gasteiger partial charge in [0.05, 0.1) is 6.04 Å². The molecule has 0 bridgehead atoms. The van der Waals surface area contributed by atoms with Gasteiger partial charge in [0.25, 0.3) is 5.91 Å². The molecule has 7 heteroatoms. The maximum Gasteiger partial charge on any atom is 0.253 e. The van der Waals surface area contributed by atoms with Gasteiger partial charge in [-0.15, -0.1) is 0 Å². The molecule has 1 amide bonds. The third-order valence-electron chi connectivity index (χ3n) is 8.45. The van der Waals surface area contributed by atoms with Gasteiger partial charge in [0.15, 0.2) is 0 Å². The largest absolute Gasteiger partial charge is 0.508 e. The molecule has 1 unspecified atom stereocenters. The van der Waals surface area contributed by atoms with Crippen LogP contribution in [0.2, 0.25) is 0 Å². The van der Waals surface area contributed by atoms with Crippen LogP contribution < -0.4 is 0 Å². The lowest BCUT2D eigenvalue weighted by atomic mass is 9.92. The second-order valence-electron chi connectivity index (χ2n) is 11.3. The Balaban J connectivity index is 1.37. The first-order valence-corrected chi connectivity index (χ1v) is 14.2. The van der Waals surface area contributed by atoms with E-state index in [2.05, 4.69) is 23.6 Å². The summed E-state index contributed by atoms with van der Waals surface area (Å²) in [4.78, 5) is 30.9. The minimum absolute atomic E-state index is 0.00208. The summed E-state index contributed by atoms with van der Waals surface area (Å²) in [6.45, 7) is 7.92. The maximum absolute atomic E-state index is 13.8. The summed E-state index contributed by atoms with van der Waals surface area (Å²) in [5.41, 5.74) is 3.66. The van der Waals surface area contributed by atoms with E-state index in [4.69, 9.17) is 0 Å². The molecule has 3 aromatic carbocycles. The Kier molecular flexibility index (Phi) is 8.62. The molecule has 0 aromatic heterocycles. The van der Waals surface area contributed by atoms with E-state index in [-0.39, 0.29) is 41.5 Å². The highest BCUT2D eigenvalue weighted by molar-refractivity contribution is 5.94. The Morgan fingerprint density at radius 2 is 1.68 bits per heavy atom. The van der Waals surface area contributed by atoms with Crippen molar-refractivity contribution in [1.29, 1.82) is 0 Å². The molecule has 2 aliphatic rings. The summed E-state index contributed by atoms with van der Waals surface area (Å²) in [5, 5.41) is 10.3. The first kappa shape index (κ1) is 28.0. The van der Waals surface area contributed by atoms with Crippen LogP contribution in [0.15, 0.2) is 72.8 Å². The highest BCUT2D eigenvalue weighted by Crippen LogP contribution is 2.35. The van der Waals surface area contributed by atoms with Crippen molar-refractivity contribution in [3.63, 3.8) is 0 Å². The Morgan fingerprint density at radius 1 is 0.950 bits per heavy atom. The third kappa shape index (κ3) is 6.26. The van der Waals surface area contributed by atoms with Gasteiger partial charge in [-0.2, -0.15) is 0 Å². The Labute approximate surface area is 236 Å². The summed E-state index contributed by atoms with van der Waals surface area (Å²) < 4.78 is 13.8.